The average molecular weight is 377 g/mol. The molecule has 0 saturated heterocycles. The van der Waals surface area contributed by atoms with E-state index in [1.807, 2.05) is 0 Å². The number of anilines is 1. The van der Waals surface area contributed by atoms with Crippen molar-refractivity contribution in [3.05, 3.63) is 59.4 Å². The zero-order valence-electron chi connectivity index (χ0n) is 13.2. The van der Waals surface area contributed by atoms with Gasteiger partial charge in [0.15, 0.2) is 11.0 Å². The maximum absolute atomic E-state index is 13.4. The van der Waals surface area contributed by atoms with Crippen molar-refractivity contribution < 1.29 is 9.18 Å². The first-order valence-corrected chi connectivity index (χ1v) is 8.73. The molecule has 3 rings (SSSR count). The van der Waals surface area contributed by atoms with E-state index in [1.54, 1.807) is 48.0 Å². The van der Waals surface area contributed by atoms with Gasteiger partial charge in [0, 0.05) is 12.6 Å². The molecule has 0 atom stereocenters. The normalized spacial score (nSPS) is 10.7. The van der Waals surface area contributed by atoms with E-state index in [4.69, 9.17) is 11.6 Å². The molecule has 2 aromatic carbocycles. The molecule has 1 heterocycles. The van der Waals surface area contributed by atoms with Crippen molar-refractivity contribution in [2.24, 2.45) is 7.05 Å². The second kappa shape index (κ2) is 7.67. The second-order valence-electron chi connectivity index (χ2n) is 5.19. The van der Waals surface area contributed by atoms with Crippen LogP contribution in [0, 0.1) is 5.82 Å². The van der Waals surface area contributed by atoms with Crippen molar-refractivity contribution >= 4 is 35.0 Å². The number of nitrogens with one attached hydrogen (secondary N) is 1. The lowest BCUT2D eigenvalue weighted by Crippen LogP contribution is -2.14. The zero-order valence-corrected chi connectivity index (χ0v) is 14.8. The molecule has 1 amide bonds. The molecule has 0 aliphatic rings. The highest BCUT2D eigenvalue weighted by Crippen LogP contribution is 2.24. The maximum Gasteiger partial charge on any atom is 0.234 e. The van der Waals surface area contributed by atoms with Crippen LogP contribution in [-0.4, -0.2) is 26.4 Å². The Hall–Kier alpha value is -2.38. The summed E-state index contributed by atoms with van der Waals surface area (Å²) in [5.74, 6) is 0.149. The van der Waals surface area contributed by atoms with Crippen molar-refractivity contribution in [3.63, 3.8) is 0 Å². The fourth-order valence-electron chi connectivity index (χ4n) is 2.20. The van der Waals surface area contributed by atoms with Crippen molar-refractivity contribution in [1.82, 2.24) is 14.8 Å². The van der Waals surface area contributed by atoms with E-state index in [-0.39, 0.29) is 17.5 Å². The van der Waals surface area contributed by atoms with Gasteiger partial charge < -0.3 is 9.88 Å². The lowest BCUT2D eigenvalue weighted by molar-refractivity contribution is -0.113. The Labute approximate surface area is 153 Å². The number of carbonyl (C=O) groups excluding carboxylic acids is 1. The van der Waals surface area contributed by atoms with Crippen molar-refractivity contribution in [2.75, 3.05) is 11.1 Å². The molecule has 0 bridgehead atoms. The van der Waals surface area contributed by atoms with E-state index < -0.39 is 0 Å². The van der Waals surface area contributed by atoms with Gasteiger partial charge in [-0.05, 0) is 24.3 Å². The molecular formula is C17H14ClFN4OS. The molecule has 0 fully saturated rings. The highest BCUT2D eigenvalue weighted by molar-refractivity contribution is 7.99. The summed E-state index contributed by atoms with van der Waals surface area (Å²) in [7, 11) is 1.77. The summed E-state index contributed by atoms with van der Waals surface area (Å²) >= 11 is 7.26. The topological polar surface area (TPSA) is 59.8 Å². The van der Waals surface area contributed by atoms with E-state index in [2.05, 4.69) is 15.5 Å². The molecule has 1 aromatic heterocycles. The summed E-state index contributed by atoms with van der Waals surface area (Å²) in [6.07, 6.45) is 0. The molecule has 0 aliphatic carbocycles. The van der Waals surface area contributed by atoms with Gasteiger partial charge in [-0.3, -0.25) is 4.79 Å². The number of halogens is 2. The monoisotopic (exact) mass is 376 g/mol. The van der Waals surface area contributed by atoms with Crippen LogP contribution in [0.2, 0.25) is 5.02 Å². The first kappa shape index (κ1) is 17.4. The molecule has 0 radical (unpaired) electrons. The van der Waals surface area contributed by atoms with Gasteiger partial charge in [-0.25, -0.2) is 4.39 Å². The molecule has 8 heteroatoms. The predicted molar refractivity (Wildman–Crippen MR) is 97.2 cm³/mol. The maximum atomic E-state index is 13.4. The predicted octanol–water partition coefficient (Wildman–Crippen LogP) is 4.01. The third-order valence-electron chi connectivity index (χ3n) is 3.40. The van der Waals surface area contributed by atoms with Crippen molar-refractivity contribution in [3.8, 4) is 11.4 Å². The molecule has 0 spiro atoms. The van der Waals surface area contributed by atoms with Crippen LogP contribution in [0.5, 0.6) is 0 Å². The number of rotatable bonds is 5. The first-order valence-electron chi connectivity index (χ1n) is 7.37. The van der Waals surface area contributed by atoms with Crippen LogP contribution >= 0.6 is 23.4 Å². The molecule has 0 unspecified atom stereocenters. The minimum absolute atomic E-state index is 0.153. The summed E-state index contributed by atoms with van der Waals surface area (Å²) in [6, 6.07) is 13.2. The van der Waals surface area contributed by atoms with E-state index in [0.29, 0.717) is 27.3 Å². The number of hydrogen-bond acceptors (Lipinski definition) is 4. The number of benzene rings is 2. The van der Waals surface area contributed by atoms with Crippen LogP contribution in [0.15, 0.2) is 53.7 Å². The van der Waals surface area contributed by atoms with E-state index in [9.17, 15) is 9.18 Å². The number of carbonyl (C=O) groups is 1. The summed E-state index contributed by atoms with van der Waals surface area (Å²) < 4.78 is 15.1. The number of aromatic nitrogens is 3. The largest absolute Gasteiger partial charge is 0.324 e. The number of amides is 1. The molecule has 0 saturated carbocycles. The fourth-order valence-corrected chi connectivity index (χ4v) is 3.09. The minimum atomic E-state index is -0.339. The summed E-state index contributed by atoms with van der Waals surface area (Å²) in [4.78, 5) is 12.1. The van der Waals surface area contributed by atoms with Crippen LogP contribution < -0.4 is 5.32 Å². The van der Waals surface area contributed by atoms with E-state index >= 15 is 0 Å². The SMILES string of the molecule is Cn1c(SCC(=O)Nc2ccccc2Cl)nnc1-c1cccc(F)c1. The van der Waals surface area contributed by atoms with Gasteiger partial charge in [0.05, 0.1) is 16.5 Å². The van der Waals surface area contributed by atoms with Crippen LogP contribution in [0.4, 0.5) is 10.1 Å². The lowest BCUT2D eigenvalue weighted by Gasteiger charge is -2.07. The molecule has 5 nitrogen and oxygen atoms in total. The van der Waals surface area contributed by atoms with Gasteiger partial charge in [-0.2, -0.15) is 0 Å². The van der Waals surface area contributed by atoms with Crippen LogP contribution in [-0.2, 0) is 11.8 Å². The Morgan fingerprint density at radius 2 is 2.04 bits per heavy atom. The van der Waals surface area contributed by atoms with Gasteiger partial charge >= 0.3 is 0 Å². The van der Waals surface area contributed by atoms with Gasteiger partial charge in [0.2, 0.25) is 5.91 Å². The summed E-state index contributed by atoms with van der Waals surface area (Å²) in [5.41, 5.74) is 1.19. The van der Waals surface area contributed by atoms with Crippen LogP contribution in [0.3, 0.4) is 0 Å². The van der Waals surface area contributed by atoms with Crippen LogP contribution in [0.25, 0.3) is 11.4 Å². The van der Waals surface area contributed by atoms with Crippen LogP contribution in [0.1, 0.15) is 0 Å². The van der Waals surface area contributed by atoms with Crippen molar-refractivity contribution in [1.29, 1.82) is 0 Å². The Kier molecular flexibility index (Phi) is 5.35. The van der Waals surface area contributed by atoms with E-state index in [1.165, 1.54) is 23.9 Å². The summed E-state index contributed by atoms with van der Waals surface area (Å²) in [5, 5.41) is 11.9. The highest BCUT2D eigenvalue weighted by Gasteiger charge is 2.14. The lowest BCUT2D eigenvalue weighted by atomic mass is 10.2. The first-order chi connectivity index (χ1) is 12.0. The Bertz CT molecular complexity index is 915. The Morgan fingerprint density at radius 1 is 1.24 bits per heavy atom. The third-order valence-corrected chi connectivity index (χ3v) is 4.75. The minimum Gasteiger partial charge on any atom is -0.324 e. The zero-order chi connectivity index (χ0) is 17.8. The van der Waals surface area contributed by atoms with Crippen molar-refractivity contribution in [2.45, 2.75) is 5.16 Å². The Balaban J connectivity index is 1.66. The molecule has 0 aliphatic heterocycles. The molecule has 25 heavy (non-hydrogen) atoms. The second-order valence-corrected chi connectivity index (χ2v) is 6.54. The van der Waals surface area contributed by atoms with Gasteiger partial charge in [0.1, 0.15) is 5.82 Å². The average Bonchev–Trinajstić information content (AvgIpc) is 2.96. The quantitative estimate of drug-likeness (QED) is 0.683. The van der Waals surface area contributed by atoms with Gasteiger partial charge in [-0.1, -0.05) is 47.6 Å². The third kappa shape index (κ3) is 4.18. The molecule has 128 valence electrons. The smallest absolute Gasteiger partial charge is 0.234 e. The number of thioether (sulfide) groups is 1. The molecule has 3 aromatic rings. The Morgan fingerprint density at radius 3 is 2.80 bits per heavy atom. The standard InChI is InChI=1S/C17H14ClFN4OS/c1-23-16(11-5-4-6-12(19)9-11)21-22-17(23)25-10-15(24)20-14-8-3-2-7-13(14)18/h2-9H,10H2,1H3,(H,20,24). The van der Waals surface area contributed by atoms with Gasteiger partial charge in [0.25, 0.3) is 0 Å². The molecular weight excluding hydrogens is 363 g/mol. The number of para-hydroxylation sites is 1. The van der Waals surface area contributed by atoms with E-state index in [0.717, 1.165) is 0 Å². The molecule has 1 N–H and O–H groups in total. The number of hydrogen-bond donors (Lipinski definition) is 1. The highest BCUT2D eigenvalue weighted by atomic mass is 35.5. The van der Waals surface area contributed by atoms with Gasteiger partial charge in [-0.15, -0.1) is 10.2 Å². The fraction of sp³-hybridized carbons (Fsp3) is 0.118. The number of nitrogens with zero attached hydrogens (tertiary/aromatic N) is 3. The summed E-state index contributed by atoms with van der Waals surface area (Å²) in [6.45, 7) is 0.